The summed E-state index contributed by atoms with van der Waals surface area (Å²) in [6.45, 7) is 1.02. The smallest absolute Gasteiger partial charge is 0.0965 e. The van der Waals surface area contributed by atoms with Crippen molar-refractivity contribution in [3.63, 3.8) is 0 Å². The summed E-state index contributed by atoms with van der Waals surface area (Å²) in [6, 6.07) is 0.622. The second-order valence-corrected chi connectivity index (χ2v) is 4.31. The molecule has 0 aromatic carbocycles. The van der Waals surface area contributed by atoms with Crippen LogP contribution >= 0.6 is 0 Å². The number of aliphatic imine (C=N–C) groups is 1. The van der Waals surface area contributed by atoms with Gasteiger partial charge in [0.05, 0.1) is 11.9 Å². The minimum Gasteiger partial charge on any atom is -0.381 e. The van der Waals surface area contributed by atoms with Crippen molar-refractivity contribution in [2.75, 3.05) is 13.7 Å². The minimum atomic E-state index is 0.485. The molecule has 0 bridgehead atoms. The Morgan fingerprint density at radius 3 is 2.93 bits per heavy atom. The molecule has 0 aromatic heterocycles. The van der Waals surface area contributed by atoms with Gasteiger partial charge < -0.3 is 10.1 Å². The van der Waals surface area contributed by atoms with E-state index in [-0.39, 0.29) is 0 Å². The number of nitrogens with zero attached hydrogens (tertiary/aromatic N) is 1. The fourth-order valence-corrected chi connectivity index (χ4v) is 2.10. The van der Waals surface area contributed by atoms with E-state index < -0.39 is 0 Å². The van der Waals surface area contributed by atoms with E-state index in [4.69, 9.17) is 4.74 Å². The van der Waals surface area contributed by atoms with Gasteiger partial charge in [-0.25, -0.2) is 0 Å². The molecular formula is C11H20N2O. The zero-order chi connectivity index (χ0) is 9.80. The molecule has 0 aromatic rings. The van der Waals surface area contributed by atoms with Crippen LogP contribution in [0.5, 0.6) is 0 Å². The van der Waals surface area contributed by atoms with Gasteiger partial charge in [0.25, 0.3) is 0 Å². The highest BCUT2D eigenvalue weighted by Crippen LogP contribution is 2.23. The summed E-state index contributed by atoms with van der Waals surface area (Å²) in [5.41, 5.74) is 0. The molecule has 0 amide bonds. The van der Waals surface area contributed by atoms with Crippen LogP contribution in [0, 0.1) is 0 Å². The number of hydrogen-bond acceptors (Lipinski definition) is 3. The Labute approximate surface area is 85.9 Å². The molecule has 2 aliphatic rings. The maximum absolute atomic E-state index is 5.25. The van der Waals surface area contributed by atoms with Crippen LogP contribution in [-0.2, 0) is 4.74 Å². The Morgan fingerprint density at radius 2 is 2.14 bits per heavy atom. The Balaban J connectivity index is 1.72. The number of methoxy groups -OCH3 is 1. The van der Waals surface area contributed by atoms with Crippen molar-refractivity contribution in [3.8, 4) is 0 Å². The Kier molecular flexibility index (Phi) is 3.40. The van der Waals surface area contributed by atoms with E-state index in [1.807, 2.05) is 0 Å². The van der Waals surface area contributed by atoms with Crippen molar-refractivity contribution in [1.82, 2.24) is 5.32 Å². The molecule has 3 heteroatoms. The first-order chi connectivity index (χ1) is 6.88. The van der Waals surface area contributed by atoms with Crippen LogP contribution in [-0.4, -0.2) is 31.6 Å². The zero-order valence-electron chi connectivity index (χ0n) is 8.96. The summed E-state index contributed by atoms with van der Waals surface area (Å²) in [7, 11) is 1.80. The summed E-state index contributed by atoms with van der Waals surface area (Å²) in [6.07, 6.45) is 7.82. The number of amidine groups is 1. The first-order valence-electron chi connectivity index (χ1n) is 5.71. The SMILES string of the molecule is COC1CC(NC2=NCCCCC2)C1. The van der Waals surface area contributed by atoms with Crippen molar-refractivity contribution >= 4 is 5.84 Å². The molecule has 1 heterocycles. The summed E-state index contributed by atoms with van der Waals surface area (Å²) < 4.78 is 5.25. The monoisotopic (exact) mass is 196 g/mol. The Hall–Kier alpha value is -0.570. The fourth-order valence-electron chi connectivity index (χ4n) is 2.10. The lowest BCUT2D eigenvalue weighted by atomic mass is 9.89. The molecule has 1 aliphatic carbocycles. The third kappa shape index (κ3) is 2.47. The number of nitrogens with one attached hydrogen (secondary N) is 1. The zero-order valence-corrected chi connectivity index (χ0v) is 8.96. The normalized spacial score (nSPS) is 32.8. The molecule has 0 radical (unpaired) electrons. The van der Waals surface area contributed by atoms with Crippen LogP contribution in [0.2, 0.25) is 0 Å². The molecule has 0 spiro atoms. The van der Waals surface area contributed by atoms with Gasteiger partial charge in [-0.2, -0.15) is 0 Å². The predicted molar refractivity (Wildman–Crippen MR) is 57.7 cm³/mol. The summed E-state index contributed by atoms with van der Waals surface area (Å²) >= 11 is 0. The van der Waals surface area contributed by atoms with Crippen molar-refractivity contribution in [2.24, 2.45) is 4.99 Å². The molecule has 1 fully saturated rings. The van der Waals surface area contributed by atoms with Gasteiger partial charge in [-0.1, -0.05) is 6.42 Å². The van der Waals surface area contributed by atoms with Gasteiger partial charge in [0.15, 0.2) is 0 Å². The van der Waals surface area contributed by atoms with E-state index >= 15 is 0 Å². The quantitative estimate of drug-likeness (QED) is 0.729. The molecule has 1 N–H and O–H groups in total. The highest BCUT2D eigenvalue weighted by molar-refractivity contribution is 5.82. The predicted octanol–water partition coefficient (Wildman–Crippen LogP) is 1.73. The van der Waals surface area contributed by atoms with Gasteiger partial charge >= 0.3 is 0 Å². The molecule has 1 saturated carbocycles. The number of hydrogen-bond donors (Lipinski definition) is 1. The first-order valence-corrected chi connectivity index (χ1v) is 5.71. The average Bonchev–Trinajstić information content (AvgIpc) is 2.38. The lowest BCUT2D eigenvalue weighted by Gasteiger charge is -2.35. The maximum Gasteiger partial charge on any atom is 0.0965 e. The van der Waals surface area contributed by atoms with Crippen molar-refractivity contribution in [1.29, 1.82) is 0 Å². The number of ether oxygens (including phenoxy) is 1. The van der Waals surface area contributed by atoms with Gasteiger partial charge in [-0.3, -0.25) is 4.99 Å². The van der Waals surface area contributed by atoms with E-state index in [1.165, 1.54) is 25.1 Å². The maximum atomic E-state index is 5.25. The van der Waals surface area contributed by atoms with Gasteiger partial charge in [0.2, 0.25) is 0 Å². The van der Waals surface area contributed by atoms with Crippen LogP contribution in [0.4, 0.5) is 0 Å². The van der Waals surface area contributed by atoms with Crippen LogP contribution in [0.3, 0.4) is 0 Å². The highest BCUT2D eigenvalue weighted by Gasteiger charge is 2.29. The largest absolute Gasteiger partial charge is 0.381 e. The molecule has 14 heavy (non-hydrogen) atoms. The molecule has 1 aliphatic heterocycles. The van der Waals surface area contributed by atoms with Gasteiger partial charge in [0.1, 0.15) is 0 Å². The molecular weight excluding hydrogens is 176 g/mol. The van der Waals surface area contributed by atoms with Crippen LogP contribution in [0.15, 0.2) is 4.99 Å². The van der Waals surface area contributed by atoms with E-state index in [0.717, 1.165) is 25.8 Å². The first kappa shape index (κ1) is 9.97. The van der Waals surface area contributed by atoms with E-state index in [9.17, 15) is 0 Å². The van der Waals surface area contributed by atoms with Crippen molar-refractivity contribution in [2.45, 2.75) is 50.7 Å². The van der Waals surface area contributed by atoms with E-state index in [1.54, 1.807) is 7.11 Å². The highest BCUT2D eigenvalue weighted by atomic mass is 16.5. The van der Waals surface area contributed by atoms with Crippen LogP contribution in [0.1, 0.15) is 38.5 Å². The molecule has 2 rings (SSSR count). The van der Waals surface area contributed by atoms with Crippen LogP contribution < -0.4 is 5.32 Å². The molecule has 80 valence electrons. The van der Waals surface area contributed by atoms with Gasteiger partial charge in [0, 0.05) is 26.1 Å². The minimum absolute atomic E-state index is 0.485. The average molecular weight is 196 g/mol. The van der Waals surface area contributed by atoms with Crippen molar-refractivity contribution in [3.05, 3.63) is 0 Å². The second kappa shape index (κ2) is 4.78. The second-order valence-electron chi connectivity index (χ2n) is 4.31. The van der Waals surface area contributed by atoms with Crippen molar-refractivity contribution < 1.29 is 4.74 Å². The fraction of sp³-hybridized carbons (Fsp3) is 0.909. The summed E-state index contributed by atoms with van der Waals surface area (Å²) in [5, 5.41) is 3.53. The lowest BCUT2D eigenvalue weighted by molar-refractivity contribution is 0.0225. The van der Waals surface area contributed by atoms with E-state index in [0.29, 0.717) is 12.1 Å². The third-order valence-electron chi connectivity index (χ3n) is 3.17. The standard InChI is InChI=1S/C11H20N2O/c1-14-10-7-9(8-10)13-11-5-3-2-4-6-12-11/h9-10H,2-8H2,1H3,(H,12,13). The third-order valence-corrected chi connectivity index (χ3v) is 3.17. The topological polar surface area (TPSA) is 33.6 Å². The van der Waals surface area contributed by atoms with E-state index in [2.05, 4.69) is 10.3 Å². The molecule has 0 saturated heterocycles. The molecule has 0 atom stereocenters. The summed E-state index contributed by atoms with van der Waals surface area (Å²) in [4.78, 5) is 4.56. The molecule has 0 unspecified atom stereocenters. The van der Waals surface area contributed by atoms with Gasteiger partial charge in [-0.15, -0.1) is 0 Å². The molecule has 3 nitrogen and oxygen atoms in total. The number of rotatable bonds is 2. The lowest BCUT2D eigenvalue weighted by Crippen LogP contribution is -2.47. The van der Waals surface area contributed by atoms with Gasteiger partial charge in [-0.05, 0) is 25.7 Å². The Morgan fingerprint density at radius 1 is 1.29 bits per heavy atom. The van der Waals surface area contributed by atoms with Crippen LogP contribution in [0.25, 0.3) is 0 Å². The summed E-state index contributed by atoms with van der Waals surface area (Å²) in [5.74, 6) is 1.24. The Bertz CT molecular complexity index is 209.